The summed E-state index contributed by atoms with van der Waals surface area (Å²) < 4.78 is 7.25. The van der Waals surface area contributed by atoms with Crippen molar-refractivity contribution in [1.82, 2.24) is 24.9 Å². The van der Waals surface area contributed by atoms with Crippen LogP contribution >= 0.6 is 0 Å². The zero-order valence-corrected chi connectivity index (χ0v) is 16.0. The molecule has 0 aliphatic carbocycles. The first kappa shape index (κ1) is 17.8. The molecule has 0 atom stereocenters. The van der Waals surface area contributed by atoms with Crippen molar-refractivity contribution in [1.29, 1.82) is 0 Å². The number of benzene rings is 2. The molecule has 5 aromatic rings. The van der Waals surface area contributed by atoms with Gasteiger partial charge in [0.25, 0.3) is 11.8 Å². The van der Waals surface area contributed by atoms with E-state index in [4.69, 9.17) is 9.62 Å². The van der Waals surface area contributed by atoms with E-state index in [1.54, 1.807) is 12.4 Å². The van der Waals surface area contributed by atoms with Crippen LogP contribution < -0.4 is 5.32 Å². The van der Waals surface area contributed by atoms with Gasteiger partial charge < -0.3 is 9.84 Å². The molecule has 2 aromatic carbocycles. The zero-order valence-electron chi connectivity index (χ0n) is 16.0. The molecule has 0 amide bonds. The molecule has 0 fully saturated rings. The Hall–Kier alpha value is -4.26. The van der Waals surface area contributed by atoms with Gasteiger partial charge in [0, 0.05) is 41.8 Å². The Labute approximate surface area is 173 Å². The molecule has 0 saturated carbocycles. The molecule has 0 spiro atoms. The summed E-state index contributed by atoms with van der Waals surface area (Å²) in [6, 6.07) is 23.6. The van der Waals surface area contributed by atoms with E-state index in [0.29, 0.717) is 18.4 Å². The number of anilines is 1. The Morgan fingerprint density at radius 2 is 1.57 bits per heavy atom. The average Bonchev–Trinajstić information content (AvgIpc) is 3.47. The van der Waals surface area contributed by atoms with Gasteiger partial charge in [0.15, 0.2) is 0 Å². The number of nitrogens with one attached hydrogen (secondary N) is 1. The van der Waals surface area contributed by atoms with Crippen molar-refractivity contribution < 1.29 is 4.52 Å². The van der Waals surface area contributed by atoms with Gasteiger partial charge in [-0.1, -0.05) is 36.4 Å². The highest BCUT2D eigenvalue weighted by atomic mass is 16.5. The van der Waals surface area contributed by atoms with Crippen molar-refractivity contribution >= 4 is 5.95 Å². The smallest absolute Gasteiger partial charge is 0.264 e. The third kappa shape index (κ3) is 3.68. The monoisotopic (exact) mass is 394 g/mol. The highest BCUT2D eigenvalue weighted by Crippen LogP contribution is 2.24. The maximum atomic E-state index is 5.38. The van der Waals surface area contributed by atoms with E-state index in [2.05, 4.69) is 20.4 Å². The van der Waals surface area contributed by atoms with E-state index in [0.717, 1.165) is 28.1 Å². The van der Waals surface area contributed by atoms with Crippen LogP contribution in [-0.4, -0.2) is 24.9 Å². The Kier molecular flexibility index (Phi) is 4.75. The fourth-order valence-electron chi connectivity index (χ4n) is 3.17. The quantitative estimate of drug-likeness (QED) is 0.453. The van der Waals surface area contributed by atoms with Crippen LogP contribution in [0.2, 0.25) is 0 Å². The molecule has 0 aliphatic heterocycles. The fraction of sp³-hybridized carbons (Fsp3) is 0.0435. The standard InChI is InChI=1S/C23H18N6O/c1-3-7-18(8-4-1)22-26-23(28-30-22)25-15-19-16-29(20-9-5-2-6-10-20)27-21(19)17-11-13-24-14-12-17/h1-14,16H,15H2,(H,25,28). The van der Waals surface area contributed by atoms with Crippen LogP contribution in [-0.2, 0) is 6.54 Å². The molecule has 0 saturated heterocycles. The second kappa shape index (κ2) is 8.00. The van der Waals surface area contributed by atoms with Crippen molar-refractivity contribution in [3.8, 4) is 28.4 Å². The predicted molar refractivity (Wildman–Crippen MR) is 114 cm³/mol. The summed E-state index contributed by atoms with van der Waals surface area (Å²) in [5.74, 6) is 0.912. The van der Waals surface area contributed by atoms with Crippen LogP contribution in [0.15, 0.2) is 95.9 Å². The predicted octanol–water partition coefficient (Wildman–Crippen LogP) is 4.60. The van der Waals surface area contributed by atoms with Crippen molar-refractivity contribution in [3.63, 3.8) is 0 Å². The Morgan fingerprint density at radius 1 is 0.833 bits per heavy atom. The molecule has 30 heavy (non-hydrogen) atoms. The topological polar surface area (TPSA) is 81.7 Å². The summed E-state index contributed by atoms with van der Waals surface area (Å²) in [5, 5.41) is 12.1. The molecule has 7 nitrogen and oxygen atoms in total. The van der Waals surface area contributed by atoms with E-state index in [1.807, 2.05) is 83.7 Å². The number of para-hydroxylation sites is 1. The Morgan fingerprint density at radius 3 is 2.33 bits per heavy atom. The first-order valence-corrected chi connectivity index (χ1v) is 9.54. The number of rotatable bonds is 6. The lowest BCUT2D eigenvalue weighted by Crippen LogP contribution is -2.01. The summed E-state index contributed by atoms with van der Waals surface area (Å²) in [6.07, 6.45) is 5.54. The SMILES string of the molecule is c1ccc(-c2nc(NCc3cn(-c4ccccc4)nc3-c3ccncc3)no2)cc1. The van der Waals surface area contributed by atoms with Gasteiger partial charge in [0.05, 0.1) is 11.4 Å². The second-order valence-electron chi connectivity index (χ2n) is 6.66. The van der Waals surface area contributed by atoms with Gasteiger partial charge in [-0.25, -0.2) is 4.68 Å². The van der Waals surface area contributed by atoms with E-state index >= 15 is 0 Å². The summed E-state index contributed by atoms with van der Waals surface area (Å²) in [5.41, 5.74) is 4.75. The normalized spacial score (nSPS) is 10.8. The van der Waals surface area contributed by atoms with Gasteiger partial charge >= 0.3 is 0 Å². The van der Waals surface area contributed by atoms with E-state index in [-0.39, 0.29) is 0 Å². The lowest BCUT2D eigenvalue weighted by atomic mass is 10.1. The first-order chi connectivity index (χ1) is 14.9. The maximum Gasteiger partial charge on any atom is 0.264 e. The van der Waals surface area contributed by atoms with Crippen LogP contribution in [0.1, 0.15) is 5.56 Å². The minimum Gasteiger partial charge on any atom is -0.347 e. The van der Waals surface area contributed by atoms with Crippen LogP contribution in [0, 0.1) is 0 Å². The summed E-state index contributed by atoms with van der Waals surface area (Å²) in [4.78, 5) is 8.54. The lowest BCUT2D eigenvalue weighted by Gasteiger charge is -2.02. The highest BCUT2D eigenvalue weighted by molar-refractivity contribution is 5.63. The maximum absolute atomic E-state index is 5.38. The molecule has 0 aliphatic rings. The molecule has 1 N–H and O–H groups in total. The van der Waals surface area contributed by atoms with Gasteiger partial charge in [-0.3, -0.25) is 4.98 Å². The Bertz CT molecular complexity index is 1230. The number of hydrogen-bond donors (Lipinski definition) is 1. The molecule has 5 rings (SSSR count). The summed E-state index contributed by atoms with van der Waals surface area (Å²) >= 11 is 0. The number of nitrogens with zero attached hydrogens (tertiary/aromatic N) is 5. The fourth-order valence-corrected chi connectivity index (χ4v) is 3.17. The van der Waals surface area contributed by atoms with Gasteiger partial charge in [-0.15, -0.1) is 0 Å². The highest BCUT2D eigenvalue weighted by Gasteiger charge is 2.14. The molecule has 0 radical (unpaired) electrons. The van der Waals surface area contributed by atoms with Crippen molar-refractivity contribution in [3.05, 3.63) is 97.0 Å². The summed E-state index contributed by atoms with van der Waals surface area (Å²) in [6.45, 7) is 0.498. The van der Waals surface area contributed by atoms with Gasteiger partial charge in [-0.2, -0.15) is 10.1 Å². The van der Waals surface area contributed by atoms with Crippen LogP contribution in [0.3, 0.4) is 0 Å². The van der Waals surface area contributed by atoms with E-state index in [9.17, 15) is 0 Å². The molecule has 7 heteroatoms. The number of pyridine rings is 1. The van der Waals surface area contributed by atoms with Crippen LogP contribution in [0.4, 0.5) is 5.95 Å². The third-order valence-electron chi connectivity index (χ3n) is 4.65. The van der Waals surface area contributed by atoms with Crippen molar-refractivity contribution in [2.75, 3.05) is 5.32 Å². The number of hydrogen-bond acceptors (Lipinski definition) is 6. The van der Waals surface area contributed by atoms with E-state index < -0.39 is 0 Å². The lowest BCUT2D eigenvalue weighted by molar-refractivity contribution is 0.432. The van der Waals surface area contributed by atoms with Crippen molar-refractivity contribution in [2.45, 2.75) is 6.54 Å². The van der Waals surface area contributed by atoms with Gasteiger partial charge in [0.2, 0.25) is 0 Å². The Balaban J connectivity index is 1.42. The molecule has 0 unspecified atom stereocenters. The van der Waals surface area contributed by atoms with Crippen LogP contribution in [0.25, 0.3) is 28.4 Å². The van der Waals surface area contributed by atoms with Gasteiger partial charge in [0.1, 0.15) is 0 Å². The number of aromatic nitrogens is 5. The molecule has 3 aromatic heterocycles. The molecular weight excluding hydrogens is 376 g/mol. The molecule has 146 valence electrons. The molecular formula is C23H18N6O. The largest absolute Gasteiger partial charge is 0.347 e. The van der Waals surface area contributed by atoms with Gasteiger partial charge in [-0.05, 0) is 41.6 Å². The minimum absolute atomic E-state index is 0.432. The first-order valence-electron chi connectivity index (χ1n) is 9.54. The van der Waals surface area contributed by atoms with Crippen molar-refractivity contribution in [2.24, 2.45) is 0 Å². The second-order valence-corrected chi connectivity index (χ2v) is 6.66. The average molecular weight is 394 g/mol. The zero-order chi connectivity index (χ0) is 20.2. The molecule has 0 bridgehead atoms. The third-order valence-corrected chi connectivity index (χ3v) is 4.65. The minimum atomic E-state index is 0.432. The summed E-state index contributed by atoms with van der Waals surface area (Å²) in [7, 11) is 0. The van der Waals surface area contributed by atoms with E-state index in [1.165, 1.54) is 0 Å². The van der Waals surface area contributed by atoms with Crippen LogP contribution in [0.5, 0.6) is 0 Å². The molecule has 3 heterocycles.